The zero-order chi connectivity index (χ0) is 14.4. The van der Waals surface area contributed by atoms with E-state index in [4.69, 9.17) is 10.3 Å². The minimum atomic E-state index is -1.20. The van der Waals surface area contributed by atoms with Crippen LogP contribution in [0.1, 0.15) is 12.0 Å². The Kier molecular flexibility index (Phi) is 4.79. The van der Waals surface area contributed by atoms with Crippen LogP contribution in [0.25, 0.3) is 10.4 Å². The Morgan fingerprint density at radius 1 is 1.50 bits per heavy atom. The number of benzene rings is 1. The number of alkyl halides is 1. The number of ether oxygens (including phenoxy) is 1. The number of carbonyl (C=O) groups is 1. The number of piperidine rings is 1. The molecule has 1 fully saturated rings. The summed E-state index contributed by atoms with van der Waals surface area (Å²) in [6, 6.07) is 8.46. The van der Waals surface area contributed by atoms with Gasteiger partial charge in [0.15, 0.2) is 0 Å². The summed E-state index contributed by atoms with van der Waals surface area (Å²) in [6.45, 7) is 0.493. The molecule has 1 aromatic carbocycles. The predicted octanol–water partition coefficient (Wildman–Crippen LogP) is 3.05. The summed E-state index contributed by atoms with van der Waals surface area (Å²) in [7, 11) is 0. The molecular formula is C13H15FN4O2. The summed E-state index contributed by atoms with van der Waals surface area (Å²) >= 11 is 0. The fourth-order valence-electron chi connectivity index (χ4n) is 2.05. The van der Waals surface area contributed by atoms with Crippen LogP contribution < -0.4 is 0 Å². The molecule has 106 valence electrons. The van der Waals surface area contributed by atoms with Gasteiger partial charge >= 0.3 is 6.09 Å². The van der Waals surface area contributed by atoms with Crippen molar-refractivity contribution in [2.24, 2.45) is 5.11 Å². The number of carbonyl (C=O) groups excluding carboxylic acids is 1. The lowest BCUT2D eigenvalue weighted by molar-refractivity contribution is 0.0704. The van der Waals surface area contributed by atoms with Gasteiger partial charge < -0.3 is 9.64 Å². The average molecular weight is 278 g/mol. The number of azide groups is 1. The van der Waals surface area contributed by atoms with Gasteiger partial charge in [0.25, 0.3) is 0 Å². The maximum atomic E-state index is 13.5. The highest BCUT2D eigenvalue weighted by molar-refractivity contribution is 5.67. The number of nitrogens with zero attached hydrogens (tertiary/aromatic N) is 4. The molecule has 0 saturated carbocycles. The van der Waals surface area contributed by atoms with Crippen LogP contribution in [0.2, 0.25) is 0 Å². The lowest BCUT2D eigenvalue weighted by Gasteiger charge is -2.32. The molecular weight excluding hydrogens is 263 g/mol. The summed E-state index contributed by atoms with van der Waals surface area (Å²) in [6.07, 6.45) is -1.56. The molecule has 1 saturated heterocycles. The molecule has 1 aromatic rings. The summed E-state index contributed by atoms with van der Waals surface area (Å²) in [5, 5.41) is 3.37. The highest BCUT2D eigenvalue weighted by atomic mass is 19.1. The quantitative estimate of drug-likeness (QED) is 0.484. The number of likely N-dealkylation sites (tertiary alicyclic amines) is 1. The molecule has 0 N–H and O–H groups in total. The van der Waals surface area contributed by atoms with Gasteiger partial charge in [0.2, 0.25) is 0 Å². The van der Waals surface area contributed by atoms with Gasteiger partial charge in [-0.25, -0.2) is 9.18 Å². The molecule has 0 spiro atoms. The van der Waals surface area contributed by atoms with Gasteiger partial charge in [0.1, 0.15) is 12.8 Å². The number of amides is 1. The molecule has 1 aliphatic heterocycles. The molecule has 1 heterocycles. The second-order valence-electron chi connectivity index (χ2n) is 4.56. The van der Waals surface area contributed by atoms with Gasteiger partial charge in [-0.3, -0.25) is 0 Å². The summed E-state index contributed by atoms with van der Waals surface area (Å²) in [5.41, 5.74) is 9.25. The van der Waals surface area contributed by atoms with Gasteiger partial charge in [-0.15, -0.1) is 0 Å². The Morgan fingerprint density at radius 3 is 2.95 bits per heavy atom. The summed E-state index contributed by atoms with van der Waals surface area (Å²) in [4.78, 5) is 15.9. The monoisotopic (exact) mass is 278 g/mol. The molecule has 0 aliphatic carbocycles. The van der Waals surface area contributed by atoms with Crippen molar-refractivity contribution in [3.05, 3.63) is 46.3 Å². The number of rotatable bonds is 3. The normalized spacial score (nSPS) is 21.9. The van der Waals surface area contributed by atoms with E-state index < -0.39 is 18.3 Å². The van der Waals surface area contributed by atoms with Crippen molar-refractivity contribution in [1.82, 2.24) is 4.90 Å². The average Bonchev–Trinajstić information content (AvgIpc) is 2.48. The fraction of sp³-hybridized carbons (Fsp3) is 0.462. The third-order valence-electron chi connectivity index (χ3n) is 3.16. The van der Waals surface area contributed by atoms with Crippen LogP contribution in [0.3, 0.4) is 0 Å². The van der Waals surface area contributed by atoms with E-state index in [1.54, 1.807) is 0 Å². The first-order chi connectivity index (χ1) is 9.70. The Bertz CT molecular complexity index is 504. The van der Waals surface area contributed by atoms with E-state index in [2.05, 4.69) is 10.0 Å². The Hall–Kier alpha value is -2.27. The minimum Gasteiger partial charge on any atom is -0.445 e. The molecule has 1 amide bonds. The molecule has 6 nitrogen and oxygen atoms in total. The topological polar surface area (TPSA) is 78.3 Å². The maximum absolute atomic E-state index is 13.5. The van der Waals surface area contributed by atoms with Crippen molar-refractivity contribution >= 4 is 6.09 Å². The van der Waals surface area contributed by atoms with Crippen molar-refractivity contribution in [2.45, 2.75) is 25.2 Å². The number of halogens is 1. The lowest BCUT2D eigenvalue weighted by atomic mass is 10.1. The van der Waals surface area contributed by atoms with Crippen LogP contribution in [0, 0.1) is 0 Å². The van der Waals surface area contributed by atoms with Gasteiger partial charge in [-0.2, -0.15) is 0 Å². The van der Waals surface area contributed by atoms with Gasteiger partial charge in [0, 0.05) is 18.0 Å². The summed E-state index contributed by atoms with van der Waals surface area (Å²) < 4.78 is 18.6. The molecule has 7 heteroatoms. The first-order valence-electron chi connectivity index (χ1n) is 6.34. The van der Waals surface area contributed by atoms with Gasteiger partial charge in [0.05, 0.1) is 6.04 Å². The van der Waals surface area contributed by atoms with Crippen LogP contribution in [-0.4, -0.2) is 36.3 Å². The zero-order valence-electron chi connectivity index (χ0n) is 10.9. The fourth-order valence-corrected chi connectivity index (χ4v) is 2.05. The Balaban J connectivity index is 1.88. The highest BCUT2D eigenvalue weighted by Crippen LogP contribution is 2.18. The van der Waals surface area contributed by atoms with Crippen molar-refractivity contribution in [3.63, 3.8) is 0 Å². The lowest BCUT2D eigenvalue weighted by Crippen LogP contribution is -2.46. The molecule has 0 unspecified atom stereocenters. The Morgan fingerprint density at radius 2 is 2.25 bits per heavy atom. The second kappa shape index (κ2) is 6.77. The van der Waals surface area contributed by atoms with Gasteiger partial charge in [-0.05, 0) is 17.5 Å². The largest absolute Gasteiger partial charge is 0.445 e. The third-order valence-corrected chi connectivity index (χ3v) is 3.16. The van der Waals surface area contributed by atoms with Crippen molar-refractivity contribution in [3.8, 4) is 0 Å². The zero-order valence-corrected chi connectivity index (χ0v) is 10.9. The second-order valence-corrected chi connectivity index (χ2v) is 4.56. The molecule has 0 bridgehead atoms. The molecule has 2 rings (SSSR count). The Labute approximate surface area is 115 Å². The van der Waals surface area contributed by atoms with E-state index in [9.17, 15) is 9.18 Å². The van der Waals surface area contributed by atoms with Crippen molar-refractivity contribution in [1.29, 1.82) is 0 Å². The van der Waals surface area contributed by atoms with E-state index in [0.717, 1.165) is 5.56 Å². The van der Waals surface area contributed by atoms with Crippen LogP contribution in [0.15, 0.2) is 35.4 Å². The van der Waals surface area contributed by atoms with Crippen LogP contribution >= 0.6 is 0 Å². The van der Waals surface area contributed by atoms with E-state index >= 15 is 0 Å². The molecule has 0 aromatic heterocycles. The molecule has 1 aliphatic rings. The standard InChI is InChI=1S/C13H15FN4O2/c14-11-6-7-18(8-12(11)16-17-15)13(19)20-9-10-4-2-1-3-5-10/h1-5,11-12H,6-9H2/t11-,12-/m1/s1. The third kappa shape index (κ3) is 3.61. The van der Waals surface area contributed by atoms with Gasteiger partial charge in [-0.1, -0.05) is 35.4 Å². The highest BCUT2D eigenvalue weighted by Gasteiger charge is 2.31. The van der Waals surface area contributed by atoms with Crippen LogP contribution in [-0.2, 0) is 11.3 Å². The molecule has 20 heavy (non-hydrogen) atoms. The molecule has 0 radical (unpaired) electrons. The van der Waals surface area contributed by atoms with E-state index in [1.807, 2.05) is 30.3 Å². The van der Waals surface area contributed by atoms with E-state index in [-0.39, 0.29) is 26.1 Å². The van der Waals surface area contributed by atoms with Crippen molar-refractivity contribution in [2.75, 3.05) is 13.1 Å². The van der Waals surface area contributed by atoms with Crippen LogP contribution in [0.4, 0.5) is 9.18 Å². The van der Waals surface area contributed by atoms with E-state index in [1.165, 1.54) is 4.90 Å². The SMILES string of the molecule is [N-]=[N+]=N[C@@H]1CN(C(=O)OCc2ccccc2)CC[C@H]1F. The molecule has 2 atom stereocenters. The van der Waals surface area contributed by atoms with E-state index in [0.29, 0.717) is 0 Å². The van der Waals surface area contributed by atoms with Crippen molar-refractivity contribution < 1.29 is 13.9 Å². The minimum absolute atomic E-state index is 0.0544. The summed E-state index contributed by atoms with van der Waals surface area (Å²) in [5.74, 6) is 0. The number of hydrogen-bond acceptors (Lipinski definition) is 3. The predicted molar refractivity (Wildman–Crippen MR) is 70.6 cm³/mol. The maximum Gasteiger partial charge on any atom is 0.410 e. The first-order valence-corrected chi connectivity index (χ1v) is 6.34. The first kappa shape index (κ1) is 14.1. The van der Waals surface area contributed by atoms with Crippen LogP contribution in [0.5, 0.6) is 0 Å². The number of hydrogen-bond donors (Lipinski definition) is 0. The smallest absolute Gasteiger partial charge is 0.410 e.